The van der Waals surface area contributed by atoms with Crippen LogP contribution >= 0.6 is 11.8 Å². The molecule has 1 fully saturated rings. The van der Waals surface area contributed by atoms with Crippen LogP contribution < -0.4 is 10.6 Å². The Hall–Kier alpha value is -1.86. The second kappa shape index (κ2) is 6.72. The molecule has 0 aliphatic carbocycles. The number of carbonyl (C=O) groups excluding carboxylic acids is 1. The Morgan fingerprint density at radius 3 is 2.91 bits per heavy atom. The molecule has 0 bridgehead atoms. The van der Waals surface area contributed by atoms with Gasteiger partial charge in [-0.15, -0.1) is 11.8 Å². The van der Waals surface area contributed by atoms with E-state index in [0.29, 0.717) is 23.9 Å². The smallest absolute Gasteiger partial charge is 0.237 e. The SMILES string of the molecule is Cc1ccc(-c2noc(CSC3NC(=O)CC(C)N3)n2)cc1C. The molecule has 1 aromatic heterocycles. The van der Waals surface area contributed by atoms with Gasteiger partial charge in [0.25, 0.3) is 0 Å². The molecular formula is C16H20N4O2S. The molecule has 1 amide bonds. The molecule has 23 heavy (non-hydrogen) atoms. The van der Waals surface area contributed by atoms with E-state index in [2.05, 4.69) is 46.8 Å². The summed E-state index contributed by atoms with van der Waals surface area (Å²) in [5.74, 6) is 1.76. The van der Waals surface area contributed by atoms with E-state index in [1.807, 2.05) is 13.0 Å². The molecule has 0 radical (unpaired) electrons. The van der Waals surface area contributed by atoms with Crippen molar-refractivity contribution in [3.63, 3.8) is 0 Å². The van der Waals surface area contributed by atoms with Gasteiger partial charge in [-0.05, 0) is 38.0 Å². The Morgan fingerprint density at radius 2 is 2.17 bits per heavy atom. The van der Waals surface area contributed by atoms with Crippen LogP contribution in [0.25, 0.3) is 11.4 Å². The van der Waals surface area contributed by atoms with Gasteiger partial charge < -0.3 is 9.84 Å². The lowest BCUT2D eigenvalue weighted by atomic mass is 10.1. The lowest BCUT2D eigenvalue weighted by Crippen LogP contribution is -2.53. The molecule has 1 aliphatic heterocycles. The van der Waals surface area contributed by atoms with Crippen LogP contribution in [-0.2, 0) is 10.5 Å². The number of nitrogens with one attached hydrogen (secondary N) is 2. The summed E-state index contributed by atoms with van der Waals surface area (Å²) in [7, 11) is 0. The Morgan fingerprint density at radius 1 is 1.35 bits per heavy atom. The summed E-state index contributed by atoms with van der Waals surface area (Å²) in [5.41, 5.74) is 3.27. The van der Waals surface area contributed by atoms with Crippen LogP contribution in [0.4, 0.5) is 0 Å². The van der Waals surface area contributed by atoms with Crippen molar-refractivity contribution in [2.45, 2.75) is 44.5 Å². The van der Waals surface area contributed by atoms with Crippen LogP contribution in [0.2, 0.25) is 0 Å². The Balaban J connectivity index is 1.63. The summed E-state index contributed by atoms with van der Waals surface area (Å²) < 4.78 is 5.31. The number of amides is 1. The minimum absolute atomic E-state index is 0.0649. The number of rotatable bonds is 4. The first-order valence-electron chi connectivity index (χ1n) is 7.58. The minimum Gasteiger partial charge on any atom is -0.338 e. The fourth-order valence-electron chi connectivity index (χ4n) is 2.40. The average molecular weight is 332 g/mol. The maximum atomic E-state index is 11.5. The lowest BCUT2D eigenvalue weighted by Gasteiger charge is -2.28. The third kappa shape index (κ3) is 3.92. The molecule has 3 rings (SSSR count). The first kappa shape index (κ1) is 16.0. The normalized spacial score (nSPS) is 21.3. The second-order valence-corrected chi connectivity index (χ2v) is 6.93. The van der Waals surface area contributed by atoms with E-state index in [4.69, 9.17) is 4.52 Å². The topological polar surface area (TPSA) is 80.0 Å². The van der Waals surface area contributed by atoms with Gasteiger partial charge in [-0.3, -0.25) is 10.1 Å². The van der Waals surface area contributed by atoms with Crippen LogP contribution in [0, 0.1) is 13.8 Å². The van der Waals surface area contributed by atoms with E-state index in [0.717, 1.165) is 5.56 Å². The van der Waals surface area contributed by atoms with Crippen molar-refractivity contribution in [1.82, 2.24) is 20.8 Å². The van der Waals surface area contributed by atoms with E-state index in [9.17, 15) is 4.79 Å². The van der Waals surface area contributed by atoms with Crippen molar-refractivity contribution in [2.24, 2.45) is 0 Å². The third-order valence-electron chi connectivity index (χ3n) is 3.83. The zero-order valence-corrected chi connectivity index (χ0v) is 14.2. The highest BCUT2D eigenvalue weighted by Gasteiger charge is 2.23. The lowest BCUT2D eigenvalue weighted by molar-refractivity contribution is -0.123. The molecule has 7 heteroatoms. The van der Waals surface area contributed by atoms with Gasteiger partial charge in [-0.2, -0.15) is 4.98 Å². The van der Waals surface area contributed by atoms with Gasteiger partial charge in [0.05, 0.1) is 5.75 Å². The van der Waals surface area contributed by atoms with Crippen LogP contribution in [0.3, 0.4) is 0 Å². The Bertz CT molecular complexity index is 716. The van der Waals surface area contributed by atoms with Gasteiger partial charge >= 0.3 is 0 Å². The van der Waals surface area contributed by atoms with Gasteiger partial charge in [0.1, 0.15) is 5.50 Å². The summed E-state index contributed by atoms with van der Waals surface area (Å²) in [6.45, 7) is 6.13. The van der Waals surface area contributed by atoms with Gasteiger partial charge in [0.15, 0.2) is 0 Å². The van der Waals surface area contributed by atoms with Crippen molar-refractivity contribution < 1.29 is 9.32 Å². The van der Waals surface area contributed by atoms with Crippen molar-refractivity contribution >= 4 is 17.7 Å². The van der Waals surface area contributed by atoms with E-state index >= 15 is 0 Å². The molecule has 2 N–H and O–H groups in total. The average Bonchev–Trinajstić information content (AvgIpc) is 2.96. The molecule has 1 aliphatic rings. The number of aryl methyl sites for hydroxylation is 2. The molecule has 1 aromatic carbocycles. The van der Waals surface area contributed by atoms with Gasteiger partial charge in [-0.25, -0.2) is 0 Å². The maximum Gasteiger partial charge on any atom is 0.237 e. The number of aromatic nitrogens is 2. The van der Waals surface area contributed by atoms with E-state index in [1.165, 1.54) is 22.9 Å². The fourth-order valence-corrected chi connectivity index (χ4v) is 3.37. The van der Waals surface area contributed by atoms with Crippen molar-refractivity contribution in [3.05, 3.63) is 35.2 Å². The number of thioether (sulfide) groups is 1. The minimum atomic E-state index is -0.122. The fraction of sp³-hybridized carbons (Fsp3) is 0.438. The summed E-state index contributed by atoms with van der Waals surface area (Å²) >= 11 is 1.53. The van der Waals surface area contributed by atoms with E-state index in [1.54, 1.807) is 0 Å². The van der Waals surface area contributed by atoms with Crippen molar-refractivity contribution in [1.29, 1.82) is 0 Å². The molecule has 0 spiro atoms. The quantitative estimate of drug-likeness (QED) is 0.895. The highest BCUT2D eigenvalue weighted by atomic mass is 32.2. The first-order valence-corrected chi connectivity index (χ1v) is 8.63. The predicted octanol–water partition coefficient (Wildman–Crippen LogP) is 2.37. The predicted molar refractivity (Wildman–Crippen MR) is 89.6 cm³/mol. The first-order chi connectivity index (χ1) is 11.0. The molecular weight excluding hydrogens is 312 g/mol. The standard InChI is InChI=1S/C16H20N4O2S/c1-9-4-5-12(6-10(9)2)15-19-14(22-20-15)8-23-16-17-11(3)7-13(21)18-16/h4-6,11,16-17H,7-8H2,1-3H3,(H,18,21). The third-order valence-corrected chi connectivity index (χ3v) is 4.83. The molecule has 2 heterocycles. The molecule has 2 aromatic rings. The van der Waals surface area contributed by atoms with E-state index < -0.39 is 0 Å². The number of nitrogens with zero attached hydrogens (tertiary/aromatic N) is 2. The Labute approximate surface area is 139 Å². The summed E-state index contributed by atoms with van der Waals surface area (Å²) in [6, 6.07) is 6.28. The number of hydrogen-bond donors (Lipinski definition) is 2. The number of hydrogen-bond acceptors (Lipinski definition) is 6. The maximum absolute atomic E-state index is 11.5. The molecule has 0 saturated carbocycles. The molecule has 6 nitrogen and oxygen atoms in total. The van der Waals surface area contributed by atoms with Gasteiger partial charge in [0, 0.05) is 18.0 Å². The van der Waals surface area contributed by atoms with Crippen molar-refractivity contribution in [2.75, 3.05) is 0 Å². The molecule has 1 saturated heterocycles. The van der Waals surface area contributed by atoms with Crippen molar-refractivity contribution in [3.8, 4) is 11.4 Å². The summed E-state index contributed by atoms with van der Waals surface area (Å²) in [6.07, 6.45) is 0.508. The highest BCUT2D eigenvalue weighted by Crippen LogP contribution is 2.22. The van der Waals surface area contributed by atoms with Crippen LogP contribution in [0.15, 0.2) is 22.7 Å². The molecule has 2 unspecified atom stereocenters. The largest absolute Gasteiger partial charge is 0.338 e. The van der Waals surface area contributed by atoms with E-state index in [-0.39, 0.29) is 17.4 Å². The second-order valence-electron chi connectivity index (χ2n) is 5.84. The van der Waals surface area contributed by atoms with Gasteiger partial charge in [0.2, 0.25) is 17.6 Å². The molecule has 2 atom stereocenters. The van der Waals surface area contributed by atoms with Crippen LogP contribution in [-0.4, -0.2) is 27.6 Å². The Kier molecular flexibility index (Phi) is 4.68. The van der Waals surface area contributed by atoms with Crippen LogP contribution in [0.1, 0.15) is 30.4 Å². The number of carbonyl (C=O) groups is 1. The summed E-state index contributed by atoms with van der Waals surface area (Å²) in [5, 5.41) is 10.2. The van der Waals surface area contributed by atoms with Gasteiger partial charge in [-0.1, -0.05) is 17.3 Å². The monoisotopic (exact) mass is 332 g/mol. The number of benzene rings is 1. The zero-order chi connectivity index (χ0) is 16.4. The highest BCUT2D eigenvalue weighted by molar-refractivity contribution is 7.99. The zero-order valence-electron chi connectivity index (χ0n) is 13.4. The van der Waals surface area contributed by atoms with Crippen LogP contribution in [0.5, 0.6) is 0 Å². The molecule has 122 valence electrons. The summed E-state index contributed by atoms with van der Waals surface area (Å²) in [4.78, 5) is 16.0.